The molecule has 0 amide bonds. The Hall–Kier alpha value is -1.38. The molecular formula is C19H25NO. The Morgan fingerprint density at radius 2 is 1.76 bits per heavy atom. The largest absolute Gasteiger partial charge is 0.377 e. The van der Waals surface area contributed by atoms with Crippen LogP contribution in [0.5, 0.6) is 0 Å². The van der Waals surface area contributed by atoms with Crippen LogP contribution in [-0.2, 0) is 11.3 Å². The van der Waals surface area contributed by atoms with E-state index in [1.807, 2.05) is 0 Å². The Labute approximate surface area is 127 Å². The van der Waals surface area contributed by atoms with Gasteiger partial charge in [0.2, 0.25) is 0 Å². The molecular weight excluding hydrogens is 258 g/mol. The van der Waals surface area contributed by atoms with Crippen LogP contribution in [0, 0.1) is 0 Å². The van der Waals surface area contributed by atoms with E-state index in [0.717, 1.165) is 19.7 Å². The van der Waals surface area contributed by atoms with Gasteiger partial charge in [0.25, 0.3) is 0 Å². The molecule has 0 spiro atoms. The van der Waals surface area contributed by atoms with Crippen molar-refractivity contribution in [1.82, 2.24) is 5.32 Å². The highest BCUT2D eigenvalue weighted by atomic mass is 16.5. The van der Waals surface area contributed by atoms with Crippen LogP contribution in [-0.4, -0.2) is 19.3 Å². The van der Waals surface area contributed by atoms with Crippen LogP contribution in [0.15, 0.2) is 42.5 Å². The van der Waals surface area contributed by atoms with Crippen LogP contribution < -0.4 is 5.32 Å². The summed E-state index contributed by atoms with van der Waals surface area (Å²) in [5, 5.41) is 6.17. The van der Waals surface area contributed by atoms with E-state index in [9.17, 15) is 0 Å². The molecule has 0 bridgehead atoms. The standard InChI is InChI=1S/C19H25NO/c1-2-10-18(11-3-1)21-14-13-20-15-17-9-6-8-16-7-4-5-12-19(16)17/h4-9,12,18,20H,1-3,10-11,13-15H2. The summed E-state index contributed by atoms with van der Waals surface area (Å²) in [6, 6.07) is 15.1. The number of benzene rings is 2. The molecule has 1 saturated carbocycles. The second-order valence-electron chi connectivity index (χ2n) is 5.95. The average molecular weight is 283 g/mol. The van der Waals surface area contributed by atoms with Crippen LogP contribution in [0.1, 0.15) is 37.7 Å². The molecule has 1 aliphatic rings. The zero-order chi connectivity index (χ0) is 14.3. The van der Waals surface area contributed by atoms with Gasteiger partial charge in [-0.3, -0.25) is 0 Å². The molecule has 1 fully saturated rings. The van der Waals surface area contributed by atoms with Gasteiger partial charge in [0.1, 0.15) is 0 Å². The Kier molecular flexibility index (Phi) is 5.25. The molecule has 0 radical (unpaired) electrons. The van der Waals surface area contributed by atoms with Crippen molar-refractivity contribution in [3.8, 4) is 0 Å². The lowest BCUT2D eigenvalue weighted by Gasteiger charge is -2.22. The first-order chi connectivity index (χ1) is 10.4. The third-order valence-corrected chi connectivity index (χ3v) is 4.38. The van der Waals surface area contributed by atoms with Crippen LogP contribution in [0.3, 0.4) is 0 Å². The van der Waals surface area contributed by atoms with Gasteiger partial charge in [0, 0.05) is 13.1 Å². The van der Waals surface area contributed by atoms with Gasteiger partial charge in [-0.05, 0) is 29.2 Å². The average Bonchev–Trinajstić information content (AvgIpc) is 2.56. The molecule has 2 heteroatoms. The molecule has 0 heterocycles. The zero-order valence-corrected chi connectivity index (χ0v) is 12.7. The Bertz CT molecular complexity index is 555. The summed E-state index contributed by atoms with van der Waals surface area (Å²) in [6.45, 7) is 2.67. The van der Waals surface area contributed by atoms with E-state index in [2.05, 4.69) is 47.8 Å². The van der Waals surface area contributed by atoms with Crippen LogP contribution in [0.2, 0.25) is 0 Å². The molecule has 2 aromatic carbocycles. The number of fused-ring (bicyclic) bond motifs is 1. The van der Waals surface area contributed by atoms with Gasteiger partial charge in [-0.1, -0.05) is 61.7 Å². The maximum atomic E-state index is 5.95. The highest BCUT2D eigenvalue weighted by molar-refractivity contribution is 5.85. The number of rotatable bonds is 6. The fraction of sp³-hybridized carbons (Fsp3) is 0.474. The quantitative estimate of drug-likeness (QED) is 0.799. The van der Waals surface area contributed by atoms with E-state index in [0.29, 0.717) is 6.10 Å². The zero-order valence-electron chi connectivity index (χ0n) is 12.7. The fourth-order valence-electron chi connectivity index (χ4n) is 3.20. The molecule has 112 valence electrons. The maximum absolute atomic E-state index is 5.95. The van der Waals surface area contributed by atoms with E-state index in [1.54, 1.807) is 0 Å². The predicted molar refractivity (Wildman–Crippen MR) is 88.5 cm³/mol. The maximum Gasteiger partial charge on any atom is 0.0594 e. The third kappa shape index (κ3) is 4.05. The summed E-state index contributed by atoms with van der Waals surface area (Å²) < 4.78 is 5.95. The van der Waals surface area contributed by atoms with E-state index in [4.69, 9.17) is 4.74 Å². The second-order valence-corrected chi connectivity index (χ2v) is 5.95. The first-order valence-electron chi connectivity index (χ1n) is 8.22. The van der Waals surface area contributed by atoms with Crippen molar-refractivity contribution in [2.75, 3.05) is 13.2 Å². The number of nitrogens with one attached hydrogen (secondary N) is 1. The van der Waals surface area contributed by atoms with Gasteiger partial charge in [0.15, 0.2) is 0 Å². The van der Waals surface area contributed by atoms with Crippen molar-refractivity contribution >= 4 is 10.8 Å². The molecule has 0 aromatic heterocycles. The molecule has 21 heavy (non-hydrogen) atoms. The fourth-order valence-corrected chi connectivity index (χ4v) is 3.20. The molecule has 2 nitrogen and oxygen atoms in total. The van der Waals surface area contributed by atoms with Gasteiger partial charge < -0.3 is 10.1 Å². The van der Waals surface area contributed by atoms with Gasteiger partial charge in [-0.25, -0.2) is 0 Å². The Morgan fingerprint density at radius 1 is 0.952 bits per heavy atom. The minimum Gasteiger partial charge on any atom is -0.377 e. The first kappa shape index (κ1) is 14.6. The molecule has 1 aliphatic carbocycles. The smallest absolute Gasteiger partial charge is 0.0594 e. The second kappa shape index (κ2) is 7.58. The van der Waals surface area contributed by atoms with E-state index >= 15 is 0 Å². The predicted octanol–water partition coefficient (Wildman–Crippen LogP) is 4.28. The summed E-state index contributed by atoms with van der Waals surface area (Å²) >= 11 is 0. The molecule has 0 atom stereocenters. The number of hydrogen-bond acceptors (Lipinski definition) is 2. The molecule has 1 N–H and O–H groups in total. The molecule has 0 saturated heterocycles. The van der Waals surface area contributed by atoms with Gasteiger partial charge in [-0.2, -0.15) is 0 Å². The summed E-state index contributed by atoms with van der Waals surface area (Å²) in [6.07, 6.45) is 7.09. The minimum absolute atomic E-state index is 0.512. The van der Waals surface area contributed by atoms with Gasteiger partial charge >= 0.3 is 0 Å². The summed E-state index contributed by atoms with van der Waals surface area (Å²) in [7, 11) is 0. The SMILES string of the molecule is c1ccc2c(CNCCOC3CCCCC3)cccc2c1. The van der Waals surface area contributed by atoms with E-state index in [1.165, 1.54) is 48.4 Å². The van der Waals surface area contributed by atoms with Gasteiger partial charge in [0.05, 0.1) is 12.7 Å². The first-order valence-corrected chi connectivity index (χ1v) is 8.22. The van der Waals surface area contributed by atoms with Crippen LogP contribution in [0.25, 0.3) is 10.8 Å². The molecule has 0 aliphatic heterocycles. The van der Waals surface area contributed by atoms with E-state index < -0.39 is 0 Å². The Morgan fingerprint density at radius 3 is 2.67 bits per heavy atom. The van der Waals surface area contributed by atoms with Crippen molar-refractivity contribution in [3.63, 3.8) is 0 Å². The van der Waals surface area contributed by atoms with Crippen molar-refractivity contribution in [2.24, 2.45) is 0 Å². The molecule has 0 unspecified atom stereocenters. The number of hydrogen-bond donors (Lipinski definition) is 1. The summed E-state index contributed by atoms with van der Waals surface area (Å²) in [5.41, 5.74) is 1.37. The van der Waals surface area contributed by atoms with Crippen molar-refractivity contribution < 1.29 is 4.74 Å². The van der Waals surface area contributed by atoms with Gasteiger partial charge in [-0.15, -0.1) is 0 Å². The lowest BCUT2D eigenvalue weighted by Crippen LogP contribution is -2.24. The number of ether oxygens (including phenoxy) is 1. The third-order valence-electron chi connectivity index (χ3n) is 4.38. The van der Waals surface area contributed by atoms with Crippen LogP contribution in [0.4, 0.5) is 0 Å². The molecule has 2 aromatic rings. The molecule has 3 rings (SSSR count). The highest BCUT2D eigenvalue weighted by Gasteiger charge is 2.12. The normalized spacial score (nSPS) is 16.4. The van der Waals surface area contributed by atoms with E-state index in [-0.39, 0.29) is 0 Å². The topological polar surface area (TPSA) is 21.3 Å². The Balaban J connectivity index is 1.44. The van der Waals surface area contributed by atoms with Crippen molar-refractivity contribution in [1.29, 1.82) is 0 Å². The van der Waals surface area contributed by atoms with Crippen molar-refractivity contribution in [3.05, 3.63) is 48.0 Å². The lowest BCUT2D eigenvalue weighted by molar-refractivity contribution is 0.0302. The highest BCUT2D eigenvalue weighted by Crippen LogP contribution is 2.20. The minimum atomic E-state index is 0.512. The monoisotopic (exact) mass is 283 g/mol. The lowest BCUT2D eigenvalue weighted by atomic mass is 9.98. The van der Waals surface area contributed by atoms with Crippen molar-refractivity contribution in [2.45, 2.75) is 44.8 Å². The van der Waals surface area contributed by atoms with Crippen LogP contribution >= 0.6 is 0 Å². The summed E-state index contributed by atoms with van der Waals surface area (Å²) in [4.78, 5) is 0. The summed E-state index contributed by atoms with van der Waals surface area (Å²) in [5.74, 6) is 0.